The van der Waals surface area contributed by atoms with Gasteiger partial charge in [0.1, 0.15) is 17.2 Å². The Balaban J connectivity index is 0.00000400. The first-order chi connectivity index (χ1) is 17.6. The Hall–Kier alpha value is -4.80. The average molecular weight is 520 g/mol. The molecule has 4 rings (SSSR count). The van der Waals surface area contributed by atoms with E-state index in [1.165, 1.54) is 30.7 Å². The van der Waals surface area contributed by atoms with Crippen molar-refractivity contribution in [2.24, 2.45) is 0 Å². The van der Waals surface area contributed by atoms with Gasteiger partial charge in [-0.05, 0) is 49.7 Å². The standard InChI is InChI=1S/C26H23F2N7O2.CH4/c1-13(2)33-25(37)14-3-4-18(27)17(9-14)23-19(28)11-20(29)24(35-23)22(36)10-15-12-31-7-5-16(15)21-6-8-32-26(30)34-21;/h3-9,11-13H,10,29H2,1-2H3,(H,33,37)(H2,30,32,34);1H4. The van der Waals surface area contributed by atoms with Crippen LogP contribution in [0.4, 0.5) is 20.4 Å². The summed E-state index contributed by atoms with van der Waals surface area (Å²) in [7, 11) is 0. The summed E-state index contributed by atoms with van der Waals surface area (Å²) in [5.41, 5.74) is 12.1. The lowest BCUT2D eigenvalue weighted by molar-refractivity contribution is 0.0941. The summed E-state index contributed by atoms with van der Waals surface area (Å²) in [4.78, 5) is 41.9. The molecule has 0 spiro atoms. The van der Waals surface area contributed by atoms with Gasteiger partial charge in [0.15, 0.2) is 11.6 Å². The number of benzene rings is 1. The van der Waals surface area contributed by atoms with Gasteiger partial charge in [0, 0.05) is 53.8 Å². The topological polar surface area (TPSA) is 150 Å². The van der Waals surface area contributed by atoms with Crippen LogP contribution in [0.3, 0.4) is 0 Å². The van der Waals surface area contributed by atoms with Crippen molar-refractivity contribution in [2.45, 2.75) is 33.7 Å². The fourth-order valence-corrected chi connectivity index (χ4v) is 3.71. The van der Waals surface area contributed by atoms with Crippen LogP contribution < -0.4 is 16.8 Å². The zero-order valence-electron chi connectivity index (χ0n) is 20.0. The average Bonchev–Trinajstić information content (AvgIpc) is 2.84. The number of Topliss-reactive ketones (excluding diaryl/α,β-unsaturated/α-hetero) is 1. The lowest BCUT2D eigenvalue weighted by atomic mass is 9.99. The number of halogens is 2. The van der Waals surface area contributed by atoms with Crippen molar-refractivity contribution in [2.75, 3.05) is 11.5 Å². The number of rotatable bonds is 7. The third-order valence-electron chi connectivity index (χ3n) is 5.38. The molecule has 0 saturated heterocycles. The van der Waals surface area contributed by atoms with Gasteiger partial charge in [-0.3, -0.25) is 14.6 Å². The lowest BCUT2D eigenvalue weighted by Crippen LogP contribution is -2.30. The van der Waals surface area contributed by atoms with Crippen LogP contribution in [0.2, 0.25) is 0 Å². The molecular formula is C27H27F2N7O2. The van der Waals surface area contributed by atoms with Crippen molar-refractivity contribution in [3.63, 3.8) is 0 Å². The number of nitrogens with zero attached hydrogens (tertiary/aromatic N) is 4. The predicted octanol–water partition coefficient (Wildman–Crippen LogP) is 4.24. The second-order valence-electron chi connectivity index (χ2n) is 8.51. The number of carbonyl (C=O) groups is 2. The Labute approximate surface area is 218 Å². The highest BCUT2D eigenvalue weighted by Gasteiger charge is 2.22. The number of anilines is 2. The van der Waals surface area contributed by atoms with Gasteiger partial charge < -0.3 is 16.8 Å². The zero-order chi connectivity index (χ0) is 26.7. The lowest BCUT2D eigenvalue weighted by Gasteiger charge is -2.13. The van der Waals surface area contributed by atoms with E-state index < -0.39 is 29.0 Å². The minimum atomic E-state index is -0.937. The van der Waals surface area contributed by atoms with Gasteiger partial charge in [0.25, 0.3) is 5.91 Å². The van der Waals surface area contributed by atoms with Crippen LogP contribution in [0.5, 0.6) is 0 Å². The van der Waals surface area contributed by atoms with Crippen LogP contribution in [-0.2, 0) is 6.42 Å². The summed E-state index contributed by atoms with van der Waals surface area (Å²) < 4.78 is 29.6. The van der Waals surface area contributed by atoms with Crippen molar-refractivity contribution in [1.82, 2.24) is 25.3 Å². The van der Waals surface area contributed by atoms with Gasteiger partial charge in [-0.1, -0.05) is 7.43 Å². The van der Waals surface area contributed by atoms with E-state index in [1.54, 1.807) is 26.0 Å². The highest BCUT2D eigenvalue weighted by atomic mass is 19.1. The fraction of sp³-hybridized carbons (Fsp3) is 0.185. The molecule has 0 saturated carbocycles. The molecule has 38 heavy (non-hydrogen) atoms. The molecule has 0 aliphatic heterocycles. The van der Waals surface area contributed by atoms with Crippen LogP contribution in [0, 0.1) is 11.6 Å². The van der Waals surface area contributed by atoms with Crippen molar-refractivity contribution >= 4 is 23.3 Å². The SMILES string of the molecule is C.CC(C)NC(=O)c1ccc(F)c(-c2nc(C(=O)Cc3cnccc3-c3ccnc(N)n3)c(N)cc2F)c1. The second kappa shape index (κ2) is 11.5. The van der Waals surface area contributed by atoms with Crippen molar-refractivity contribution in [3.8, 4) is 22.5 Å². The zero-order valence-corrected chi connectivity index (χ0v) is 20.0. The van der Waals surface area contributed by atoms with E-state index in [2.05, 4.69) is 25.3 Å². The number of pyridine rings is 2. The maximum atomic E-state index is 14.9. The van der Waals surface area contributed by atoms with E-state index in [1.807, 2.05) is 0 Å². The van der Waals surface area contributed by atoms with Gasteiger partial charge in [-0.25, -0.2) is 23.7 Å². The number of hydrogen-bond donors (Lipinski definition) is 3. The first-order valence-electron chi connectivity index (χ1n) is 11.3. The number of amides is 1. The number of carbonyl (C=O) groups excluding carboxylic acids is 2. The molecule has 3 aromatic heterocycles. The summed E-state index contributed by atoms with van der Waals surface area (Å²) in [6.07, 6.45) is 4.31. The Morgan fingerprint density at radius 1 is 0.974 bits per heavy atom. The first-order valence-corrected chi connectivity index (χ1v) is 11.3. The number of nitrogen functional groups attached to an aromatic ring is 2. The molecule has 0 radical (unpaired) electrons. The number of nitrogens with one attached hydrogen (secondary N) is 1. The van der Waals surface area contributed by atoms with Gasteiger partial charge >= 0.3 is 0 Å². The van der Waals surface area contributed by atoms with Crippen molar-refractivity contribution in [3.05, 3.63) is 83.4 Å². The predicted molar refractivity (Wildman–Crippen MR) is 141 cm³/mol. The molecule has 0 aliphatic rings. The Morgan fingerprint density at radius 2 is 1.74 bits per heavy atom. The summed E-state index contributed by atoms with van der Waals surface area (Å²) in [6.45, 7) is 3.55. The smallest absolute Gasteiger partial charge is 0.251 e. The first kappa shape index (κ1) is 27.8. The quantitative estimate of drug-likeness (QED) is 0.307. The van der Waals surface area contributed by atoms with E-state index in [-0.39, 0.29) is 48.3 Å². The molecule has 11 heteroatoms. The summed E-state index contributed by atoms with van der Waals surface area (Å²) >= 11 is 0. The van der Waals surface area contributed by atoms with Crippen LogP contribution in [0.25, 0.3) is 22.5 Å². The Bertz CT molecular complexity index is 1510. The van der Waals surface area contributed by atoms with E-state index in [0.29, 0.717) is 16.8 Å². The Morgan fingerprint density at radius 3 is 2.45 bits per heavy atom. The van der Waals surface area contributed by atoms with E-state index in [9.17, 15) is 18.4 Å². The molecule has 4 aromatic rings. The van der Waals surface area contributed by atoms with E-state index >= 15 is 0 Å². The number of aromatic nitrogens is 4. The molecule has 0 unspecified atom stereocenters. The van der Waals surface area contributed by atoms with Crippen LogP contribution in [0.1, 0.15) is 47.7 Å². The molecule has 0 fully saturated rings. The number of ketones is 1. The molecule has 9 nitrogen and oxygen atoms in total. The number of nitrogens with two attached hydrogens (primary N) is 2. The molecule has 5 N–H and O–H groups in total. The minimum absolute atomic E-state index is 0. The normalized spacial score (nSPS) is 10.7. The molecule has 196 valence electrons. The second-order valence-corrected chi connectivity index (χ2v) is 8.51. The fourth-order valence-electron chi connectivity index (χ4n) is 3.71. The van der Waals surface area contributed by atoms with Gasteiger partial charge in [-0.15, -0.1) is 0 Å². The summed E-state index contributed by atoms with van der Waals surface area (Å²) in [6, 6.07) is 7.55. The maximum absolute atomic E-state index is 14.9. The van der Waals surface area contributed by atoms with Gasteiger partial charge in [0.05, 0.1) is 11.4 Å². The Kier molecular flexibility index (Phi) is 8.41. The largest absolute Gasteiger partial charge is 0.397 e. The van der Waals surface area contributed by atoms with E-state index in [4.69, 9.17) is 11.5 Å². The van der Waals surface area contributed by atoms with Crippen LogP contribution >= 0.6 is 0 Å². The molecule has 0 bridgehead atoms. The van der Waals surface area contributed by atoms with Crippen molar-refractivity contribution in [1.29, 1.82) is 0 Å². The monoisotopic (exact) mass is 519 g/mol. The summed E-state index contributed by atoms with van der Waals surface area (Å²) in [5.74, 6) is -2.70. The molecule has 0 atom stereocenters. The van der Waals surface area contributed by atoms with Gasteiger partial charge in [-0.2, -0.15) is 0 Å². The third kappa shape index (κ3) is 5.94. The van der Waals surface area contributed by atoms with Crippen molar-refractivity contribution < 1.29 is 18.4 Å². The minimum Gasteiger partial charge on any atom is -0.397 e. The molecule has 1 aromatic carbocycles. The maximum Gasteiger partial charge on any atom is 0.251 e. The van der Waals surface area contributed by atoms with E-state index in [0.717, 1.165) is 12.1 Å². The number of hydrogen-bond acceptors (Lipinski definition) is 8. The molecule has 3 heterocycles. The molecular weight excluding hydrogens is 492 g/mol. The van der Waals surface area contributed by atoms with Crippen LogP contribution in [-0.4, -0.2) is 37.7 Å². The summed E-state index contributed by atoms with van der Waals surface area (Å²) in [5, 5.41) is 2.69. The van der Waals surface area contributed by atoms with Crippen LogP contribution in [0.15, 0.2) is 55.0 Å². The highest BCUT2D eigenvalue weighted by Crippen LogP contribution is 2.29. The molecule has 1 amide bonds. The van der Waals surface area contributed by atoms with Gasteiger partial charge in [0.2, 0.25) is 5.95 Å². The third-order valence-corrected chi connectivity index (χ3v) is 5.38. The molecule has 0 aliphatic carbocycles. The highest BCUT2D eigenvalue weighted by molar-refractivity contribution is 6.01.